The highest BCUT2D eigenvalue weighted by atomic mass is 32.1. The summed E-state index contributed by atoms with van der Waals surface area (Å²) in [5.41, 5.74) is 4.30. The van der Waals surface area contributed by atoms with Crippen molar-refractivity contribution in [3.8, 4) is 27.6 Å². The minimum absolute atomic E-state index is 0.200. The van der Waals surface area contributed by atoms with E-state index in [0.29, 0.717) is 0 Å². The molecular formula is C17H13N3O2S. The second-order valence-corrected chi connectivity index (χ2v) is 5.96. The van der Waals surface area contributed by atoms with Gasteiger partial charge in [-0.15, -0.1) is 11.3 Å². The molecule has 0 atom stereocenters. The predicted octanol–water partition coefficient (Wildman–Crippen LogP) is 3.66. The molecule has 0 aliphatic carbocycles. The Bertz CT molecular complexity index is 1030. The lowest BCUT2D eigenvalue weighted by Gasteiger charge is -2.00. The van der Waals surface area contributed by atoms with Gasteiger partial charge in [-0.3, -0.25) is 0 Å². The zero-order chi connectivity index (χ0) is 15.8. The summed E-state index contributed by atoms with van der Waals surface area (Å²) in [6.07, 6.45) is 0. The Hall–Kier alpha value is -2.86. The van der Waals surface area contributed by atoms with Gasteiger partial charge in [0, 0.05) is 16.5 Å². The largest absolute Gasteiger partial charge is 0.497 e. The molecule has 0 unspecified atom stereocenters. The van der Waals surface area contributed by atoms with Gasteiger partial charge in [0.25, 0.3) is 0 Å². The van der Waals surface area contributed by atoms with Crippen molar-refractivity contribution in [1.29, 1.82) is 0 Å². The maximum absolute atomic E-state index is 11.3. The Balaban J connectivity index is 1.71. The standard InChI is InChI=1S/C17H13N3O2S/c1-22-12-5-2-10(3-6-12)16-18-15(9-23-16)11-4-7-13-14(8-11)20-17(21)19-13/h2-9H,1H3,(H2,19,20,21). The molecule has 6 heteroatoms. The number of thiazole rings is 1. The van der Waals surface area contributed by atoms with Gasteiger partial charge in [-0.1, -0.05) is 6.07 Å². The van der Waals surface area contributed by atoms with Crippen LogP contribution in [0.4, 0.5) is 0 Å². The topological polar surface area (TPSA) is 70.8 Å². The zero-order valence-electron chi connectivity index (χ0n) is 12.3. The minimum atomic E-state index is -0.200. The van der Waals surface area contributed by atoms with Crippen molar-refractivity contribution in [3.63, 3.8) is 0 Å². The summed E-state index contributed by atoms with van der Waals surface area (Å²) in [5.74, 6) is 0.826. The summed E-state index contributed by atoms with van der Waals surface area (Å²) in [7, 11) is 1.65. The molecular weight excluding hydrogens is 310 g/mol. The van der Waals surface area contributed by atoms with Gasteiger partial charge in [0.2, 0.25) is 0 Å². The van der Waals surface area contributed by atoms with E-state index in [1.54, 1.807) is 18.4 Å². The van der Waals surface area contributed by atoms with Crippen LogP contribution in [-0.2, 0) is 0 Å². The number of aromatic amines is 2. The number of benzene rings is 2. The van der Waals surface area contributed by atoms with E-state index in [9.17, 15) is 4.79 Å². The van der Waals surface area contributed by atoms with Gasteiger partial charge in [-0.25, -0.2) is 9.78 Å². The van der Waals surface area contributed by atoms with E-state index in [-0.39, 0.29) is 5.69 Å². The van der Waals surface area contributed by atoms with Crippen LogP contribution in [-0.4, -0.2) is 22.1 Å². The van der Waals surface area contributed by atoms with Gasteiger partial charge in [0.1, 0.15) is 10.8 Å². The Labute approximate surface area is 135 Å². The maximum Gasteiger partial charge on any atom is 0.323 e. The molecule has 0 radical (unpaired) electrons. The number of hydrogen-bond donors (Lipinski definition) is 2. The molecule has 0 bridgehead atoms. The highest BCUT2D eigenvalue weighted by Gasteiger charge is 2.08. The third-order valence-corrected chi connectivity index (χ3v) is 4.54. The quantitative estimate of drug-likeness (QED) is 0.604. The van der Waals surface area contributed by atoms with Crippen molar-refractivity contribution in [2.24, 2.45) is 0 Å². The summed E-state index contributed by atoms with van der Waals surface area (Å²) >= 11 is 1.59. The van der Waals surface area contributed by atoms with Gasteiger partial charge in [-0.2, -0.15) is 0 Å². The zero-order valence-corrected chi connectivity index (χ0v) is 13.1. The maximum atomic E-state index is 11.3. The summed E-state index contributed by atoms with van der Waals surface area (Å²) in [4.78, 5) is 21.5. The van der Waals surface area contributed by atoms with E-state index in [1.807, 2.05) is 47.8 Å². The highest BCUT2D eigenvalue weighted by molar-refractivity contribution is 7.13. The smallest absolute Gasteiger partial charge is 0.323 e. The summed E-state index contributed by atoms with van der Waals surface area (Å²) in [5, 5.41) is 2.97. The highest BCUT2D eigenvalue weighted by Crippen LogP contribution is 2.30. The van der Waals surface area contributed by atoms with Crippen LogP contribution >= 0.6 is 11.3 Å². The van der Waals surface area contributed by atoms with Crippen LogP contribution in [0.1, 0.15) is 0 Å². The van der Waals surface area contributed by atoms with Crippen LogP contribution in [0, 0.1) is 0 Å². The normalized spacial score (nSPS) is 11.0. The first kappa shape index (κ1) is 13.8. The minimum Gasteiger partial charge on any atom is -0.497 e. The second-order valence-electron chi connectivity index (χ2n) is 5.11. The van der Waals surface area contributed by atoms with Crippen molar-refractivity contribution in [2.75, 3.05) is 7.11 Å². The molecule has 0 saturated carbocycles. The molecule has 2 aromatic heterocycles. The van der Waals surface area contributed by atoms with Gasteiger partial charge in [-0.05, 0) is 36.4 Å². The molecule has 2 N–H and O–H groups in total. The molecule has 0 aliphatic rings. The molecule has 4 rings (SSSR count). The van der Waals surface area contributed by atoms with E-state index in [2.05, 4.69) is 9.97 Å². The lowest BCUT2D eigenvalue weighted by atomic mass is 10.1. The molecule has 2 heterocycles. The number of nitrogens with one attached hydrogen (secondary N) is 2. The van der Waals surface area contributed by atoms with Crippen molar-refractivity contribution in [2.45, 2.75) is 0 Å². The van der Waals surface area contributed by atoms with Crippen LogP contribution in [0.25, 0.3) is 32.9 Å². The number of nitrogens with zero attached hydrogens (tertiary/aromatic N) is 1. The van der Waals surface area contributed by atoms with Gasteiger partial charge < -0.3 is 14.7 Å². The predicted molar refractivity (Wildman–Crippen MR) is 92.0 cm³/mol. The fraction of sp³-hybridized carbons (Fsp3) is 0.0588. The fourth-order valence-corrected chi connectivity index (χ4v) is 3.30. The summed E-state index contributed by atoms with van der Waals surface area (Å²) in [6.45, 7) is 0. The molecule has 4 aromatic rings. The van der Waals surface area contributed by atoms with E-state index in [4.69, 9.17) is 9.72 Å². The third-order valence-electron chi connectivity index (χ3n) is 3.65. The summed E-state index contributed by atoms with van der Waals surface area (Å²) in [6, 6.07) is 13.6. The lowest BCUT2D eigenvalue weighted by molar-refractivity contribution is 0.415. The van der Waals surface area contributed by atoms with Crippen LogP contribution in [0.15, 0.2) is 52.6 Å². The Morgan fingerprint density at radius 2 is 1.74 bits per heavy atom. The van der Waals surface area contributed by atoms with Crippen molar-refractivity contribution in [3.05, 3.63) is 58.3 Å². The van der Waals surface area contributed by atoms with E-state index < -0.39 is 0 Å². The molecule has 0 spiro atoms. The average Bonchev–Trinajstić information content (AvgIpc) is 3.19. The molecule has 114 valence electrons. The number of fused-ring (bicyclic) bond motifs is 1. The Kier molecular flexibility index (Phi) is 3.24. The van der Waals surface area contributed by atoms with E-state index in [0.717, 1.165) is 38.6 Å². The van der Waals surface area contributed by atoms with Gasteiger partial charge in [0.05, 0.1) is 23.8 Å². The van der Waals surface area contributed by atoms with Gasteiger partial charge in [0.15, 0.2) is 0 Å². The van der Waals surface area contributed by atoms with Crippen LogP contribution in [0.5, 0.6) is 5.75 Å². The Morgan fingerprint density at radius 1 is 1.00 bits per heavy atom. The SMILES string of the molecule is COc1ccc(-c2nc(-c3ccc4[nH]c(=O)[nH]c4c3)cs2)cc1. The fourth-order valence-electron chi connectivity index (χ4n) is 2.46. The molecule has 23 heavy (non-hydrogen) atoms. The molecule has 0 fully saturated rings. The summed E-state index contributed by atoms with van der Waals surface area (Å²) < 4.78 is 5.17. The first-order valence-corrected chi connectivity index (χ1v) is 7.93. The molecule has 5 nitrogen and oxygen atoms in total. The number of H-pyrrole nitrogens is 2. The average molecular weight is 323 g/mol. The first-order valence-electron chi connectivity index (χ1n) is 7.05. The Morgan fingerprint density at radius 3 is 2.52 bits per heavy atom. The van der Waals surface area contributed by atoms with Crippen molar-refractivity contribution in [1.82, 2.24) is 15.0 Å². The lowest BCUT2D eigenvalue weighted by Crippen LogP contribution is -1.99. The van der Waals surface area contributed by atoms with E-state index >= 15 is 0 Å². The second kappa shape index (κ2) is 5.40. The number of rotatable bonds is 3. The number of imidazole rings is 1. The van der Waals surface area contributed by atoms with Crippen LogP contribution in [0.3, 0.4) is 0 Å². The van der Waals surface area contributed by atoms with Crippen LogP contribution in [0.2, 0.25) is 0 Å². The number of hydrogen-bond acceptors (Lipinski definition) is 4. The number of aromatic nitrogens is 3. The van der Waals surface area contributed by atoms with Crippen molar-refractivity contribution >= 4 is 22.4 Å². The first-order chi connectivity index (χ1) is 11.2. The van der Waals surface area contributed by atoms with E-state index in [1.165, 1.54) is 0 Å². The number of methoxy groups -OCH3 is 1. The molecule has 2 aromatic carbocycles. The molecule has 0 aliphatic heterocycles. The monoisotopic (exact) mass is 323 g/mol. The third kappa shape index (κ3) is 2.53. The van der Waals surface area contributed by atoms with Gasteiger partial charge >= 0.3 is 5.69 Å². The van der Waals surface area contributed by atoms with Crippen LogP contribution < -0.4 is 10.4 Å². The number of ether oxygens (including phenoxy) is 1. The molecule has 0 saturated heterocycles. The molecule has 0 amide bonds. The van der Waals surface area contributed by atoms with Crippen molar-refractivity contribution < 1.29 is 4.74 Å².